The van der Waals surface area contributed by atoms with Gasteiger partial charge in [0.1, 0.15) is 6.04 Å². The van der Waals surface area contributed by atoms with Crippen molar-refractivity contribution in [1.29, 1.82) is 0 Å². The molecule has 0 fully saturated rings. The van der Waals surface area contributed by atoms with Gasteiger partial charge >= 0.3 is 12.1 Å². The van der Waals surface area contributed by atoms with Crippen LogP contribution in [0.4, 0.5) is 13.2 Å². The lowest BCUT2D eigenvalue weighted by Crippen LogP contribution is -2.43. The number of halogens is 3. The lowest BCUT2D eigenvalue weighted by Gasteiger charge is -2.27. The molecule has 1 atom stereocenters. The molecule has 0 saturated heterocycles. The maximum Gasteiger partial charge on any atom is 0.389 e. The van der Waals surface area contributed by atoms with E-state index in [9.17, 15) is 22.8 Å². The highest BCUT2D eigenvalue weighted by Gasteiger charge is 2.31. The van der Waals surface area contributed by atoms with Crippen molar-refractivity contribution in [3.8, 4) is 0 Å². The predicted octanol–water partition coefficient (Wildman–Crippen LogP) is 2.83. The van der Waals surface area contributed by atoms with Crippen LogP contribution < -0.4 is 0 Å². The molecule has 0 aliphatic heterocycles. The molecule has 1 amide bonds. The molecule has 4 nitrogen and oxygen atoms in total. The third-order valence-corrected chi connectivity index (χ3v) is 2.96. The molecule has 7 heteroatoms. The van der Waals surface area contributed by atoms with E-state index in [0.29, 0.717) is 5.56 Å². The summed E-state index contributed by atoms with van der Waals surface area (Å²) in [6, 6.07) is 7.33. The van der Waals surface area contributed by atoms with Gasteiger partial charge in [0.15, 0.2) is 0 Å². The van der Waals surface area contributed by atoms with E-state index in [1.165, 1.54) is 6.92 Å². The van der Waals surface area contributed by atoms with Crippen LogP contribution in [0, 0.1) is 0 Å². The molecule has 0 saturated carbocycles. The van der Waals surface area contributed by atoms with Crippen molar-refractivity contribution in [3.05, 3.63) is 35.9 Å². The van der Waals surface area contributed by atoms with Gasteiger partial charge < -0.3 is 10.0 Å². The fraction of sp³-hybridized carbons (Fsp3) is 0.429. The van der Waals surface area contributed by atoms with Gasteiger partial charge in [0.2, 0.25) is 5.91 Å². The molecule has 1 aromatic rings. The standard InChI is InChI=1S/C14H16F3NO3/c1-10(13(20)21)18(9-11-5-3-2-4-6-11)12(19)7-8-14(15,16)17/h2-6,10H,7-9H2,1H3,(H,20,21). The first-order chi connectivity index (χ1) is 9.70. The molecule has 0 spiro atoms. The molecule has 0 aliphatic carbocycles. The minimum Gasteiger partial charge on any atom is -0.480 e. The highest BCUT2D eigenvalue weighted by atomic mass is 19.4. The first-order valence-corrected chi connectivity index (χ1v) is 6.33. The molecule has 0 radical (unpaired) electrons. The SMILES string of the molecule is CC(C(=O)O)N(Cc1ccccc1)C(=O)CCC(F)(F)F. The molecule has 0 aliphatic rings. The summed E-state index contributed by atoms with van der Waals surface area (Å²) >= 11 is 0. The number of carbonyl (C=O) groups is 2. The zero-order valence-electron chi connectivity index (χ0n) is 11.4. The van der Waals surface area contributed by atoms with E-state index < -0.39 is 36.9 Å². The summed E-state index contributed by atoms with van der Waals surface area (Å²) < 4.78 is 36.5. The number of carboxylic acids is 1. The average Bonchev–Trinajstić information content (AvgIpc) is 2.41. The zero-order valence-corrected chi connectivity index (χ0v) is 11.4. The summed E-state index contributed by atoms with van der Waals surface area (Å²) in [6.45, 7) is 1.24. The number of carboxylic acid groups (broad SMARTS) is 1. The van der Waals surface area contributed by atoms with Crippen molar-refractivity contribution < 1.29 is 27.9 Å². The smallest absolute Gasteiger partial charge is 0.389 e. The van der Waals surface area contributed by atoms with E-state index in [2.05, 4.69) is 0 Å². The summed E-state index contributed by atoms with van der Waals surface area (Å²) in [4.78, 5) is 23.9. The molecule has 0 bridgehead atoms. The van der Waals surface area contributed by atoms with Gasteiger partial charge in [-0.25, -0.2) is 4.79 Å². The Labute approximate surface area is 120 Å². The van der Waals surface area contributed by atoms with Crippen LogP contribution in [0.3, 0.4) is 0 Å². The molecule has 116 valence electrons. The number of aliphatic carboxylic acids is 1. The summed E-state index contributed by atoms with van der Waals surface area (Å²) in [5.41, 5.74) is 0.658. The van der Waals surface area contributed by atoms with Gasteiger partial charge in [-0.05, 0) is 12.5 Å². The molecule has 1 aromatic carbocycles. The number of amides is 1. The number of carbonyl (C=O) groups excluding carboxylic acids is 1. The first-order valence-electron chi connectivity index (χ1n) is 6.33. The van der Waals surface area contributed by atoms with E-state index in [4.69, 9.17) is 5.11 Å². The Bertz CT molecular complexity index is 488. The second-order valence-corrected chi connectivity index (χ2v) is 4.64. The van der Waals surface area contributed by atoms with Crippen LogP contribution in [-0.4, -0.2) is 34.1 Å². The van der Waals surface area contributed by atoms with E-state index >= 15 is 0 Å². The summed E-state index contributed by atoms with van der Waals surface area (Å²) in [5.74, 6) is -2.09. The fourth-order valence-electron chi connectivity index (χ4n) is 1.75. The lowest BCUT2D eigenvalue weighted by atomic mass is 10.1. The minimum absolute atomic E-state index is 0.0367. The van der Waals surface area contributed by atoms with Gasteiger partial charge in [0.05, 0.1) is 6.42 Å². The van der Waals surface area contributed by atoms with Crippen LogP contribution in [0.25, 0.3) is 0 Å². The Morgan fingerprint density at radius 2 is 1.81 bits per heavy atom. The molecule has 21 heavy (non-hydrogen) atoms. The number of hydrogen-bond donors (Lipinski definition) is 1. The van der Waals surface area contributed by atoms with Crippen LogP contribution in [0.15, 0.2) is 30.3 Å². The molecular weight excluding hydrogens is 287 g/mol. The van der Waals surface area contributed by atoms with E-state index in [-0.39, 0.29) is 6.54 Å². The van der Waals surface area contributed by atoms with E-state index in [0.717, 1.165) is 4.90 Å². The number of nitrogens with zero attached hydrogens (tertiary/aromatic N) is 1. The van der Waals surface area contributed by atoms with Crippen molar-refractivity contribution >= 4 is 11.9 Å². The topological polar surface area (TPSA) is 57.6 Å². The van der Waals surface area contributed by atoms with Crippen LogP contribution in [-0.2, 0) is 16.1 Å². The van der Waals surface area contributed by atoms with Gasteiger partial charge in [0.25, 0.3) is 0 Å². The van der Waals surface area contributed by atoms with Crippen LogP contribution in [0.5, 0.6) is 0 Å². The zero-order chi connectivity index (χ0) is 16.0. The maximum absolute atomic E-state index is 12.2. The van der Waals surface area contributed by atoms with Crippen LogP contribution in [0.1, 0.15) is 25.3 Å². The van der Waals surface area contributed by atoms with Gasteiger partial charge in [-0.3, -0.25) is 4.79 Å². The third-order valence-electron chi connectivity index (χ3n) is 2.96. The largest absolute Gasteiger partial charge is 0.480 e. The Morgan fingerprint density at radius 1 is 1.24 bits per heavy atom. The number of benzene rings is 1. The second-order valence-electron chi connectivity index (χ2n) is 4.64. The summed E-state index contributed by atoms with van der Waals surface area (Å²) in [6.07, 6.45) is -6.46. The highest BCUT2D eigenvalue weighted by Crippen LogP contribution is 2.22. The second kappa shape index (κ2) is 7.10. The first kappa shape index (κ1) is 17.0. The normalized spacial score (nSPS) is 12.8. The van der Waals surface area contributed by atoms with Crippen molar-refractivity contribution in [2.24, 2.45) is 0 Å². The van der Waals surface area contributed by atoms with E-state index in [1.807, 2.05) is 0 Å². The highest BCUT2D eigenvalue weighted by molar-refractivity contribution is 5.83. The Morgan fingerprint density at radius 3 is 2.29 bits per heavy atom. The molecule has 1 rings (SSSR count). The number of hydrogen-bond acceptors (Lipinski definition) is 2. The van der Waals surface area contributed by atoms with Crippen molar-refractivity contribution in [2.75, 3.05) is 0 Å². The Balaban J connectivity index is 2.82. The van der Waals surface area contributed by atoms with Crippen molar-refractivity contribution in [1.82, 2.24) is 4.90 Å². The molecule has 0 heterocycles. The maximum atomic E-state index is 12.2. The average molecular weight is 303 g/mol. The summed E-state index contributed by atoms with van der Waals surface area (Å²) in [5, 5.41) is 8.99. The van der Waals surface area contributed by atoms with Crippen molar-refractivity contribution in [2.45, 2.75) is 38.5 Å². The van der Waals surface area contributed by atoms with Gasteiger partial charge in [-0.15, -0.1) is 0 Å². The Kier molecular flexibility index (Phi) is 5.75. The lowest BCUT2D eigenvalue weighted by molar-refractivity contribution is -0.156. The van der Waals surface area contributed by atoms with Gasteiger partial charge in [-0.2, -0.15) is 13.2 Å². The van der Waals surface area contributed by atoms with Crippen LogP contribution in [0.2, 0.25) is 0 Å². The molecule has 0 aromatic heterocycles. The van der Waals surface area contributed by atoms with Crippen molar-refractivity contribution in [3.63, 3.8) is 0 Å². The molecule has 1 N–H and O–H groups in total. The van der Waals surface area contributed by atoms with Gasteiger partial charge in [-0.1, -0.05) is 30.3 Å². The number of alkyl halides is 3. The molecule has 1 unspecified atom stereocenters. The number of rotatable bonds is 6. The minimum atomic E-state index is -4.44. The van der Waals surface area contributed by atoms with Gasteiger partial charge in [0, 0.05) is 13.0 Å². The quantitative estimate of drug-likeness (QED) is 0.879. The summed E-state index contributed by atoms with van der Waals surface area (Å²) in [7, 11) is 0. The third kappa shape index (κ3) is 5.85. The van der Waals surface area contributed by atoms with Crippen LogP contribution >= 0.6 is 0 Å². The monoisotopic (exact) mass is 303 g/mol. The van der Waals surface area contributed by atoms with E-state index in [1.54, 1.807) is 30.3 Å². The Hall–Kier alpha value is -2.05. The molecular formula is C14H16F3NO3. The predicted molar refractivity (Wildman–Crippen MR) is 69.4 cm³/mol. The fourth-order valence-corrected chi connectivity index (χ4v) is 1.75.